The molecule has 1 aromatic heterocycles. The molecule has 8 heteroatoms. The van der Waals surface area contributed by atoms with Crippen LogP contribution in [0.15, 0.2) is 88.6 Å². The third-order valence-corrected chi connectivity index (χ3v) is 7.83. The molecule has 6 rings (SSSR count). The molecule has 3 aromatic carbocycles. The summed E-state index contributed by atoms with van der Waals surface area (Å²) in [4.78, 5) is 32.2. The van der Waals surface area contributed by atoms with Crippen LogP contribution in [0.3, 0.4) is 0 Å². The summed E-state index contributed by atoms with van der Waals surface area (Å²) in [5.41, 5.74) is 1.34. The summed E-state index contributed by atoms with van der Waals surface area (Å²) in [5.74, 6) is 0.144. The molecule has 4 aromatic rings. The van der Waals surface area contributed by atoms with Gasteiger partial charge in [-0.3, -0.25) is 14.2 Å². The van der Waals surface area contributed by atoms with Gasteiger partial charge in [-0.15, -0.1) is 0 Å². The SMILES string of the molecule is CCOC(=O)[C@@H]1[C@H]2c3ccccc3O[C@]1(C)N=c1s/c(=C/c3ccc(OCc4ccccc4)cc3)c(=O)n12. The Morgan fingerprint density at radius 3 is 2.58 bits per heavy atom. The predicted octanol–water partition coefficient (Wildman–Crippen LogP) is 3.83. The molecule has 0 unspecified atom stereocenters. The largest absolute Gasteiger partial charge is 0.489 e. The fourth-order valence-corrected chi connectivity index (χ4v) is 6.19. The molecule has 2 bridgehead atoms. The molecule has 0 amide bonds. The van der Waals surface area contributed by atoms with Gasteiger partial charge in [0.2, 0.25) is 5.72 Å². The number of carbonyl (C=O) groups is 1. The van der Waals surface area contributed by atoms with E-state index in [9.17, 15) is 9.59 Å². The second-order valence-electron chi connectivity index (χ2n) is 9.39. The summed E-state index contributed by atoms with van der Waals surface area (Å²) in [7, 11) is 0. The van der Waals surface area contributed by atoms with Gasteiger partial charge in [-0.25, -0.2) is 4.99 Å². The van der Waals surface area contributed by atoms with Gasteiger partial charge >= 0.3 is 5.97 Å². The van der Waals surface area contributed by atoms with Crippen molar-refractivity contribution < 1.29 is 19.0 Å². The summed E-state index contributed by atoms with van der Waals surface area (Å²) in [6, 6.07) is 24.5. The molecule has 2 aliphatic rings. The zero-order valence-electron chi connectivity index (χ0n) is 21.0. The molecule has 0 aliphatic carbocycles. The van der Waals surface area contributed by atoms with Crippen LogP contribution in [0.2, 0.25) is 0 Å². The lowest BCUT2D eigenvalue weighted by Crippen LogP contribution is -2.58. The maximum atomic E-state index is 13.7. The normalized spacial score (nSPS) is 21.5. The van der Waals surface area contributed by atoms with E-state index in [-0.39, 0.29) is 12.2 Å². The summed E-state index contributed by atoms with van der Waals surface area (Å²) in [6.45, 7) is 4.26. The Balaban J connectivity index is 1.38. The second kappa shape index (κ2) is 9.61. The lowest BCUT2D eigenvalue weighted by Gasteiger charge is -2.44. The molecule has 2 aliphatic heterocycles. The molecular weight excluding hydrogens is 500 g/mol. The number of aromatic nitrogens is 1. The Morgan fingerprint density at radius 1 is 1.08 bits per heavy atom. The van der Waals surface area contributed by atoms with Crippen LogP contribution in [0.25, 0.3) is 6.08 Å². The Kier molecular flexibility index (Phi) is 6.12. The number of thiazole rings is 1. The highest BCUT2D eigenvalue weighted by Gasteiger charge is 2.55. The molecule has 0 N–H and O–H groups in total. The van der Waals surface area contributed by atoms with Gasteiger partial charge in [0.1, 0.15) is 24.0 Å². The van der Waals surface area contributed by atoms with Crippen molar-refractivity contribution in [3.63, 3.8) is 0 Å². The van der Waals surface area contributed by atoms with E-state index in [1.165, 1.54) is 11.3 Å². The van der Waals surface area contributed by atoms with E-state index in [1.54, 1.807) is 18.4 Å². The zero-order chi connectivity index (χ0) is 26.3. The minimum absolute atomic E-state index is 0.198. The topological polar surface area (TPSA) is 79.1 Å². The number of benzene rings is 3. The van der Waals surface area contributed by atoms with Crippen molar-refractivity contribution in [3.8, 4) is 11.5 Å². The highest BCUT2D eigenvalue weighted by atomic mass is 32.1. The fourth-order valence-electron chi connectivity index (χ4n) is 5.09. The fraction of sp³-hybridized carbons (Fsp3) is 0.233. The quantitative estimate of drug-likeness (QED) is 0.357. The smallest absolute Gasteiger partial charge is 0.317 e. The van der Waals surface area contributed by atoms with Crippen molar-refractivity contribution in [3.05, 3.63) is 115 Å². The van der Waals surface area contributed by atoms with Crippen LogP contribution in [-0.2, 0) is 16.1 Å². The Hall–Kier alpha value is -4.17. The van der Waals surface area contributed by atoms with Gasteiger partial charge in [0.15, 0.2) is 4.80 Å². The van der Waals surface area contributed by atoms with E-state index < -0.39 is 23.7 Å². The Morgan fingerprint density at radius 2 is 1.82 bits per heavy atom. The van der Waals surface area contributed by atoms with Gasteiger partial charge in [0.05, 0.1) is 17.2 Å². The number of hydrogen-bond acceptors (Lipinski definition) is 7. The van der Waals surface area contributed by atoms with Gasteiger partial charge in [0.25, 0.3) is 5.56 Å². The van der Waals surface area contributed by atoms with Gasteiger partial charge in [0, 0.05) is 5.56 Å². The zero-order valence-corrected chi connectivity index (χ0v) is 21.8. The first-order chi connectivity index (χ1) is 18.5. The molecule has 0 fully saturated rings. The standard InChI is InChI=1S/C30H26N2O5S/c1-3-35-28(34)25-26-22-11-7-8-12-23(22)37-30(25,2)31-29-32(26)27(33)24(38-29)17-19-13-15-21(16-14-19)36-18-20-9-5-4-6-10-20/h4-17,25-26H,3,18H2,1-2H3/b24-17+/t25-,26+,30-/m0/s1. The highest BCUT2D eigenvalue weighted by Crippen LogP contribution is 2.47. The van der Waals surface area contributed by atoms with Crippen LogP contribution in [0.5, 0.6) is 11.5 Å². The van der Waals surface area contributed by atoms with E-state index in [0.29, 0.717) is 21.7 Å². The summed E-state index contributed by atoms with van der Waals surface area (Å²) in [6.07, 6.45) is 1.84. The molecule has 38 heavy (non-hydrogen) atoms. The third kappa shape index (κ3) is 4.20. The van der Waals surface area contributed by atoms with Crippen molar-refractivity contribution in [1.82, 2.24) is 4.57 Å². The lowest BCUT2D eigenvalue weighted by atomic mass is 9.81. The van der Waals surface area contributed by atoms with Crippen LogP contribution in [-0.4, -0.2) is 22.9 Å². The van der Waals surface area contributed by atoms with E-state index in [0.717, 1.165) is 22.4 Å². The minimum Gasteiger partial charge on any atom is -0.489 e. The maximum absolute atomic E-state index is 13.7. The Bertz CT molecular complexity index is 1680. The van der Waals surface area contributed by atoms with E-state index in [2.05, 4.69) is 0 Å². The van der Waals surface area contributed by atoms with E-state index in [4.69, 9.17) is 19.2 Å². The second-order valence-corrected chi connectivity index (χ2v) is 10.4. The minimum atomic E-state index is -1.18. The number of esters is 1. The molecule has 0 spiro atoms. The molecular formula is C30H26N2O5S. The maximum Gasteiger partial charge on any atom is 0.317 e. The van der Waals surface area contributed by atoms with Crippen LogP contribution in [0, 0.1) is 5.92 Å². The van der Waals surface area contributed by atoms with Crippen molar-refractivity contribution in [2.75, 3.05) is 6.61 Å². The van der Waals surface area contributed by atoms with E-state index >= 15 is 0 Å². The molecule has 0 radical (unpaired) electrons. The average molecular weight is 527 g/mol. The van der Waals surface area contributed by atoms with Crippen molar-refractivity contribution in [2.24, 2.45) is 10.9 Å². The Labute approximate surface area is 223 Å². The van der Waals surface area contributed by atoms with Gasteiger partial charge in [-0.1, -0.05) is 72.0 Å². The van der Waals surface area contributed by atoms with Crippen molar-refractivity contribution in [1.29, 1.82) is 0 Å². The number of fused-ring (bicyclic) bond motifs is 6. The predicted molar refractivity (Wildman–Crippen MR) is 144 cm³/mol. The number of ether oxygens (including phenoxy) is 3. The van der Waals surface area contributed by atoms with Crippen LogP contribution < -0.4 is 24.4 Å². The average Bonchev–Trinajstić information content (AvgIpc) is 3.21. The number of nitrogens with zero attached hydrogens (tertiary/aromatic N) is 2. The van der Waals surface area contributed by atoms with Crippen molar-refractivity contribution >= 4 is 23.4 Å². The van der Waals surface area contributed by atoms with E-state index in [1.807, 2.05) is 84.9 Å². The molecule has 3 atom stereocenters. The summed E-state index contributed by atoms with van der Waals surface area (Å²) < 4.78 is 19.7. The first-order valence-corrected chi connectivity index (χ1v) is 13.3. The number of carbonyl (C=O) groups excluding carboxylic acids is 1. The van der Waals surface area contributed by atoms with Crippen LogP contribution in [0.1, 0.15) is 36.6 Å². The van der Waals surface area contributed by atoms with Crippen LogP contribution >= 0.6 is 11.3 Å². The van der Waals surface area contributed by atoms with Gasteiger partial charge in [-0.2, -0.15) is 0 Å². The molecule has 3 heterocycles. The first-order valence-electron chi connectivity index (χ1n) is 12.5. The number of para-hydroxylation sites is 1. The first kappa shape index (κ1) is 24.2. The lowest BCUT2D eigenvalue weighted by molar-refractivity contribution is -0.160. The molecule has 7 nitrogen and oxygen atoms in total. The van der Waals surface area contributed by atoms with Crippen molar-refractivity contribution in [2.45, 2.75) is 32.2 Å². The van der Waals surface area contributed by atoms with Gasteiger partial charge < -0.3 is 14.2 Å². The summed E-state index contributed by atoms with van der Waals surface area (Å²) >= 11 is 1.29. The summed E-state index contributed by atoms with van der Waals surface area (Å²) in [5, 5.41) is 0. The molecule has 0 saturated carbocycles. The van der Waals surface area contributed by atoms with Crippen LogP contribution in [0.4, 0.5) is 0 Å². The highest BCUT2D eigenvalue weighted by molar-refractivity contribution is 7.07. The number of rotatable bonds is 6. The third-order valence-electron chi connectivity index (χ3n) is 6.85. The molecule has 192 valence electrons. The van der Waals surface area contributed by atoms with Gasteiger partial charge in [-0.05, 0) is 49.2 Å². The molecule has 0 saturated heterocycles. The number of hydrogen-bond donors (Lipinski definition) is 0. The monoisotopic (exact) mass is 526 g/mol.